The van der Waals surface area contributed by atoms with E-state index in [0.717, 1.165) is 4.47 Å². The molecule has 8 heteroatoms. The summed E-state index contributed by atoms with van der Waals surface area (Å²) in [4.78, 5) is 18.4. The van der Waals surface area contributed by atoms with Crippen LogP contribution in [-0.4, -0.2) is 40.7 Å². The van der Waals surface area contributed by atoms with Crippen LogP contribution in [0.2, 0.25) is 5.02 Å². The lowest BCUT2D eigenvalue weighted by atomic mass is 10.1. The van der Waals surface area contributed by atoms with Crippen molar-refractivity contribution in [2.45, 2.75) is 6.04 Å². The molecule has 1 aromatic heterocycles. The standard InChI is InChI=1S/C13H11BrClN3O3/c14-8-1-2-9(10(15)5-8)13(19)18-3-4-20-6-11(18)12-16-7-21-17-12/h1-2,5,7,11H,3-4,6H2/t11-/m1/s1. The number of carbonyl (C=O) groups excluding carboxylic acids is 1. The van der Waals surface area contributed by atoms with Gasteiger partial charge in [0.1, 0.15) is 6.04 Å². The molecule has 3 rings (SSSR count). The second-order valence-corrected chi connectivity index (χ2v) is 5.83. The SMILES string of the molecule is O=C(c1ccc(Br)cc1Cl)N1CCOC[C@@H]1c1ncon1. The molecule has 6 nitrogen and oxygen atoms in total. The van der Waals surface area contributed by atoms with Crippen LogP contribution in [0.1, 0.15) is 22.2 Å². The molecule has 1 aliphatic rings. The van der Waals surface area contributed by atoms with E-state index in [2.05, 4.69) is 26.1 Å². The molecule has 1 aliphatic heterocycles. The van der Waals surface area contributed by atoms with Crippen LogP contribution < -0.4 is 0 Å². The first-order valence-electron chi connectivity index (χ1n) is 6.27. The van der Waals surface area contributed by atoms with E-state index in [-0.39, 0.29) is 11.9 Å². The number of benzene rings is 1. The second kappa shape index (κ2) is 6.13. The normalized spacial score (nSPS) is 18.8. The Labute approximate surface area is 134 Å². The predicted molar refractivity (Wildman–Crippen MR) is 78.0 cm³/mol. The van der Waals surface area contributed by atoms with Crippen LogP contribution in [0.15, 0.2) is 33.6 Å². The summed E-state index contributed by atoms with van der Waals surface area (Å²) in [5.74, 6) is 0.252. The van der Waals surface area contributed by atoms with Gasteiger partial charge in [0.05, 0.1) is 23.8 Å². The predicted octanol–water partition coefficient (Wildman–Crippen LogP) is 2.70. The number of hydrogen-bond acceptors (Lipinski definition) is 5. The molecule has 2 aromatic rings. The van der Waals surface area contributed by atoms with E-state index in [0.29, 0.717) is 36.2 Å². The quantitative estimate of drug-likeness (QED) is 0.811. The third kappa shape index (κ3) is 2.95. The van der Waals surface area contributed by atoms with Crippen molar-refractivity contribution in [3.63, 3.8) is 0 Å². The summed E-state index contributed by atoms with van der Waals surface area (Å²) in [5.41, 5.74) is 0.440. The van der Waals surface area contributed by atoms with E-state index in [1.807, 2.05) is 0 Å². The van der Waals surface area contributed by atoms with Gasteiger partial charge < -0.3 is 14.2 Å². The molecule has 0 radical (unpaired) electrons. The van der Waals surface area contributed by atoms with Crippen molar-refractivity contribution < 1.29 is 14.1 Å². The third-order valence-corrected chi connectivity index (χ3v) is 4.03. The average Bonchev–Trinajstić information content (AvgIpc) is 3.01. The minimum absolute atomic E-state index is 0.175. The van der Waals surface area contributed by atoms with Gasteiger partial charge in [0.25, 0.3) is 5.91 Å². The van der Waals surface area contributed by atoms with E-state index < -0.39 is 0 Å². The Morgan fingerprint density at radius 2 is 2.33 bits per heavy atom. The summed E-state index contributed by atoms with van der Waals surface area (Å²) in [7, 11) is 0. The molecule has 1 atom stereocenters. The minimum atomic E-state index is -0.371. The fourth-order valence-electron chi connectivity index (χ4n) is 2.20. The van der Waals surface area contributed by atoms with Crippen molar-refractivity contribution in [1.29, 1.82) is 0 Å². The fraction of sp³-hybridized carbons (Fsp3) is 0.308. The number of hydrogen-bond donors (Lipinski definition) is 0. The van der Waals surface area contributed by atoms with Gasteiger partial charge in [0, 0.05) is 11.0 Å². The zero-order valence-corrected chi connectivity index (χ0v) is 13.2. The summed E-state index contributed by atoms with van der Waals surface area (Å²) in [5, 5.41) is 4.20. The van der Waals surface area contributed by atoms with Crippen LogP contribution in [0.5, 0.6) is 0 Å². The maximum absolute atomic E-state index is 12.7. The highest BCUT2D eigenvalue weighted by Crippen LogP contribution is 2.27. The molecule has 1 aromatic carbocycles. The van der Waals surface area contributed by atoms with Gasteiger partial charge in [-0.1, -0.05) is 32.7 Å². The molecule has 110 valence electrons. The molecule has 0 N–H and O–H groups in total. The van der Waals surface area contributed by atoms with Gasteiger partial charge in [-0.15, -0.1) is 0 Å². The Hall–Kier alpha value is -1.44. The van der Waals surface area contributed by atoms with Crippen LogP contribution >= 0.6 is 27.5 Å². The van der Waals surface area contributed by atoms with E-state index in [4.69, 9.17) is 20.9 Å². The first kappa shape index (κ1) is 14.5. The van der Waals surface area contributed by atoms with Crippen molar-refractivity contribution in [2.24, 2.45) is 0 Å². The second-order valence-electron chi connectivity index (χ2n) is 4.50. The van der Waals surface area contributed by atoms with Crippen LogP contribution in [0, 0.1) is 0 Å². The first-order chi connectivity index (χ1) is 10.2. The molecule has 1 fully saturated rings. The number of morpholine rings is 1. The molecule has 1 saturated heterocycles. The van der Waals surface area contributed by atoms with Gasteiger partial charge in [-0.3, -0.25) is 4.79 Å². The zero-order chi connectivity index (χ0) is 14.8. The van der Waals surface area contributed by atoms with E-state index >= 15 is 0 Å². The molecule has 1 amide bonds. The molecule has 0 aliphatic carbocycles. The highest BCUT2D eigenvalue weighted by atomic mass is 79.9. The Kier molecular flexibility index (Phi) is 4.23. The van der Waals surface area contributed by atoms with Gasteiger partial charge in [-0.2, -0.15) is 4.98 Å². The molecule has 0 saturated carbocycles. The number of rotatable bonds is 2. The zero-order valence-electron chi connectivity index (χ0n) is 10.8. The Bertz CT molecular complexity index is 650. The molecule has 2 heterocycles. The fourth-order valence-corrected chi connectivity index (χ4v) is 2.96. The lowest BCUT2D eigenvalue weighted by Crippen LogP contribution is -2.44. The number of amides is 1. The summed E-state index contributed by atoms with van der Waals surface area (Å²) in [6.07, 6.45) is 1.24. The number of ether oxygens (including phenoxy) is 1. The number of nitrogens with zero attached hydrogens (tertiary/aromatic N) is 3. The molecular formula is C13H11BrClN3O3. The van der Waals surface area contributed by atoms with Crippen molar-refractivity contribution in [3.8, 4) is 0 Å². The summed E-state index contributed by atoms with van der Waals surface area (Å²) in [6.45, 7) is 1.25. The van der Waals surface area contributed by atoms with E-state index in [9.17, 15) is 4.79 Å². The van der Waals surface area contributed by atoms with E-state index in [1.54, 1.807) is 23.1 Å². The average molecular weight is 373 g/mol. The summed E-state index contributed by atoms with van der Waals surface area (Å²) < 4.78 is 11.0. The maximum Gasteiger partial charge on any atom is 0.256 e. The van der Waals surface area contributed by atoms with Crippen LogP contribution in [0.25, 0.3) is 0 Å². The molecule has 21 heavy (non-hydrogen) atoms. The smallest absolute Gasteiger partial charge is 0.256 e. The van der Waals surface area contributed by atoms with Gasteiger partial charge in [0.2, 0.25) is 6.39 Å². The van der Waals surface area contributed by atoms with Crippen LogP contribution in [0.4, 0.5) is 0 Å². The van der Waals surface area contributed by atoms with Gasteiger partial charge in [-0.25, -0.2) is 0 Å². The van der Waals surface area contributed by atoms with Gasteiger partial charge >= 0.3 is 0 Å². The molecule has 0 spiro atoms. The maximum atomic E-state index is 12.7. The summed E-state index contributed by atoms with van der Waals surface area (Å²) in [6, 6.07) is 4.80. The largest absolute Gasteiger partial charge is 0.377 e. The van der Waals surface area contributed by atoms with Crippen molar-refractivity contribution >= 4 is 33.4 Å². The minimum Gasteiger partial charge on any atom is -0.377 e. The number of halogens is 2. The number of aromatic nitrogens is 2. The lowest BCUT2D eigenvalue weighted by Gasteiger charge is -2.33. The highest BCUT2D eigenvalue weighted by molar-refractivity contribution is 9.10. The van der Waals surface area contributed by atoms with Crippen molar-refractivity contribution in [3.05, 3.63) is 45.5 Å². The molecule has 0 bridgehead atoms. The monoisotopic (exact) mass is 371 g/mol. The van der Waals surface area contributed by atoms with Gasteiger partial charge in [-0.05, 0) is 18.2 Å². The first-order valence-corrected chi connectivity index (χ1v) is 7.44. The topological polar surface area (TPSA) is 68.5 Å². The Morgan fingerprint density at radius 3 is 3.05 bits per heavy atom. The van der Waals surface area contributed by atoms with Crippen LogP contribution in [0.3, 0.4) is 0 Å². The van der Waals surface area contributed by atoms with Crippen molar-refractivity contribution in [1.82, 2.24) is 15.0 Å². The Morgan fingerprint density at radius 1 is 1.48 bits per heavy atom. The Balaban J connectivity index is 1.91. The number of carbonyl (C=O) groups is 1. The highest BCUT2D eigenvalue weighted by Gasteiger charge is 2.32. The lowest BCUT2D eigenvalue weighted by molar-refractivity contribution is -0.00576. The van der Waals surface area contributed by atoms with Gasteiger partial charge in [0.15, 0.2) is 5.82 Å². The van der Waals surface area contributed by atoms with E-state index in [1.165, 1.54) is 6.39 Å². The van der Waals surface area contributed by atoms with Crippen LogP contribution in [-0.2, 0) is 4.74 Å². The van der Waals surface area contributed by atoms with Crippen molar-refractivity contribution in [2.75, 3.05) is 19.8 Å². The molecular weight excluding hydrogens is 362 g/mol. The third-order valence-electron chi connectivity index (χ3n) is 3.23. The summed E-state index contributed by atoms with van der Waals surface area (Å²) >= 11 is 9.48. The molecule has 0 unspecified atom stereocenters.